The van der Waals surface area contributed by atoms with Crippen LogP contribution in [0.3, 0.4) is 0 Å². The van der Waals surface area contributed by atoms with Gasteiger partial charge in [0.2, 0.25) is 0 Å². The molecule has 24 heavy (non-hydrogen) atoms. The van der Waals surface area contributed by atoms with Gasteiger partial charge in [-0.15, -0.1) is 0 Å². The third-order valence-corrected chi connectivity index (χ3v) is 3.55. The van der Waals surface area contributed by atoms with Crippen LogP contribution in [-0.4, -0.2) is 30.6 Å². The van der Waals surface area contributed by atoms with Crippen LogP contribution in [0.5, 0.6) is 5.75 Å². The molecule has 0 atom stereocenters. The molecule has 0 fully saturated rings. The molecule has 0 aliphatic heterocycles. The minimum Gasteiger partial charge on any atom is -0.508 e. The maximum absolute atomic E-state index is 9.59. The van der Waals surface area contributed by atoms with Crippen molar-refractivity contribution in [3.8, 4) is 11.6 Å². The van der Waals surface area contributed by atoms with Crippen molar-refractivity contribution in [2.24, 2.45) is 5.10 Å². The van der Waals surface area contributed by atoms with E-state index in [0.29, 0.717) is 11.6 Å². The number of nitrogens with one attached hydrogen (secondary N) is 1. The lowest BCUT2D eigenvalue weighted by Crippen LogP contribution is -2.04. The lowest BCUT2D eigenvalue weighted by molar-refractivity contribution is 0.471. The van der Waals surface area contributed by atoms with Gasteiger partial charge in [0.05, 0.1) is 11.9 Å². The van der Waals surface area contributed by atoms with E-state index in [1.165, 1.54) is 6.33 Å². The molecule has 0 amide bonds. The molecule has 7 nitrogen and oxygen atoms in total. The molecule has 0 spiro atoms. The van der Waals surface area contributed by atoms with Gasteiger partial charge in [-0.05, 0) is 55.7 Å². The molecule has 0 radical (unpaired) electrons. The fourth-order valence-corrected chi connectivity index (χ4v) is 2.16. The Kier molecular flexibility index (Phi) is 4.24. The van der Waals surface area contributed by atoms with Crippen LogP contribution in [0.25, 0.3) is 5.82 Å². The SMILES string of the molecule is CC(=NNc1cc(-n2cc(C)cn2)ncn1)c1ccc(O)c(C)c1. The molecule has 0 unspecified atom stereocenters. The second kappa shape index (κ2) is 6.49. The standard InChI is InChI=1S/C17H18N6O/c1-11-8-20-23(9-11)17-7-16(18-10-19-17)22-21-13(3)14-4-5-15(24)12(2)6-14/h4-10,24H,1-3H3,(H,18,19,22). The normalized spacial score (nSPS) is 11.5. The molecule has 0 aliphatic carbocycles. The third-order valence-electron chi connectivity index (χ3n) is 3.55. The molecular weight excluding hydrogens is 304 g/mol. The van der Waals surface area contributed by atoms with Crippen LogP contribution in [-0.2, 0) is 0 Å². The van der Waals surface area contributed by atoms with Crippen molar-refractivity contribution < 1.29 is 5.11 Å². The minimum absolute atomic E-state index is 0.273. The van der Waals surface area contributed by atoms with Gasteiger partial charge in [0, 0.05) is 12.3 Å². The van der Waals surface area contributed by atoms with E-state index in [4.69, 9.17) is 0 Å². The van der Waals surface area contributed by atoms with E-state index < -0.39 is 0 Å². The molecule has 2 aromatic heterocycles. The van der Waals surface area contributed by atoms with Crippen LogP contribution >= 0.6 is 0 Å². The summed E-state index contributed by atoms with van der Waals surface area (Å²) in [4.78, 5) is 8.36. The summed E-state index contributed by atoms with van der Waals surface area (Å²) < 4.78 is 1.68. The summed E-state index contributed by atoms with van der Waals surface area (Å²) >= 11 is 0. The molecule has 3 rings (SSSR count). The van der Waals surface area contributed by atoms with Crippen molar-refractivity contribution in [2.45, 2.75) is 20.8 Å². The minimum atomic E-state index is 0.273. The number of benzene rings is 1. The quantitative estimate of drug-likeness (QED) is 0.569. The molecule has 2 N–H and O–H groups in total. The number of hydrazone groups is 1. The fourth-order valence-electron chi connectivity index (χ4n) is 2.16. The van der Waals surface area contributed by atoms with Crippen molar-refractivity contribution in [3.63, 3.8) is 0 Å². The zero-order chi connectivity index (χ0) is 17.1. The summed E-state index contributed by atoms with van der Waals surface area (Å²) in [5, 5.41) is 18.2. The largest absolute Gasteiger partial charge is 0.508 e. The Morgan fingerprint density at radius 1 is 1.21 bits per heavy atom. The third kappa shape index (κ3) is 3.40. The zero-order valence-corrected chi connectivity index (χ0v) is 13.7. The van der Waals surface area contributed by atoms with Crippen LogP contribution in [0.15, 0.2) is 48.1 Å². The summed E-state index contributed by atoms with van der Waals surface area (Å²) in [5.74, 6) is 1.51. The first-order valence-corrected chi connectivity index (χ1v) is 7.47. The Bertz CT molecular complexity index is 900. The lowest BCUT2D eigenvalue weighted by atomic mass is 10.1. The van der Waals surface area contributed by atoms with Crippen LogP contribution in [0.1, 0.15) is 23.6 Å². The van der Waals surface area contributed by atoms with Gasteiger partial charge < -0.3 is 5.11 Å². The molecule has 0 aliphatic rings. The van der Waals surface area contributed by atoms with Crippen LogP contribution in [0, 0.1) is 13.8 Å². The molecule has 3 aromatic rings. The molecule has 0 saturated carbocycles. The number of aromatic nitrogens is 4. The van der Waals surface area contributed by atoms with Crippen molar-refractivity contribution in [1.29, 1.82) is 0 Å². The first kappa shape index (κ1) is 15.7. The Labute approximate surface area is 139 Å². The maximum Gasteiger partial charge on any atom is 0.158 e. The summed E-state index contributed by atoms with van der Waals surface area (Å²) in [6.07, 6.45) is 5.12. The maximum atomic E-state index is 9.59. The monoisotopic (exact) mass is 322 g/mol. The highest BCUT2D eigenvalue weighted by Gasteiger charge is 2.04. The number of anilines is 1. The van der Waals surface area contributed by atoms with Crippen molar-refractivity contribution in [2.75, 3.05) is 5.43 Å². The number of hydrogen-bond donors (Lipinski definition) is 2. The molecule has 2 heterocycles. The van der Waals surface area contributed by atoms with Crippen LogP contribution < -0.4 is 5.43 Å². The highest BCUT2D eigenvalue weighted by atomic mass is 16.3. The number of rotatable bonds is 4. The van der Waals surface area contributed by atoms with Crippen molar-refractivity contribution >= 4 is 11.5 Å². The summed E-state index contributed by atoms with van der Waals surface area (Å²) in [6, 6.07) is 7.13. The molecule has 1 aromatic carbocycles. The second-order valence-corrected chi connectivity index (χ2v) is 5.53. The Morgan fingerprint density at radius 3 is 2.75 bits per heavy atom. The number of aryl methyl sites for hydroxylation is 2. The Morgan fingerprint density at radius 2 is 2.04 bits per heavy atom. The predicted molar refractivity (Wildman–Crippen MR) is 92.6 cm³/mol. The molecule has 0 saturated heterocycles. The molecule has 7 heteroatoms. The van der Waals surface area contributed by atoms with Crippen LogP contribution in [0.2, 0.25) is 0 Å². The average Bonchev–Trinajstić information content (AvgIpc) is 3.02. The van der Waals surface area contributed by atoms with Gasteiger partial charge in [-0.25, -0.2) is 14.6 Å². The van der Waals surface area contributed by atoms with Crippen molar-refractivity contribution in [1.82, 2.24) is 19.7 Å². The van der Waals surface area contributed by atoms with Gasteiger partial charge in [-0.3, -0.25) is 5.43 Å². The van der Waals surface area contributed by atoms with E-state index in [9.17, 15) is 5.11 Å². The van der Waals surface area contributed by atoms with E-state index >= 15 is 0 Å². The predicted octanol–water partition coefficient (Wildman–Crippen LogP) is 2.82. The Hall–Kier alpha value is -3.22. The van der Waals surface area contributed by atoms with E-state index in [1.54, 1.807) is 23.0 Å². The Balaban J connectivity index is 1.79. The lowest BCUT2D eigenvalue weighted by Gasteiger charge is -2.06. The molecule has 0 bridgehead atoms. The highest BCUT2D eigenvalue weighted by molar-refractivity contribution is 5.99. The van der Waals surface area contributed by atoms with Gasteiger partial charge in [0.15, 0.2) is 11.6 Å². The summed E-state index contributed by atoms with van der Waals surface area (Å²) in [7, 11) is 0. The second-order valence-electron chi connectivity index (χ2n) is 5.53. The number of phenols is 1. The van der Waals surface area contributed by atoms with Crippen LogP contribution in [0.4, 0.5) is 5.82 Å². The summed E-state index contributed by atoms with van der Waals surface area (Å²) in [5.41, 5.74) is 6.50. The first-order chi connectivity index (χ1) is 11.5. The smallest absolute Gasteiger partial charge is 0.158 e. The van der Waals surface area contributed by atoms with E-state index in [0.717, 1.165) is 22.4 Å². The number of phenolic OH excluding ortho intramolecular Hbond substituents is 1. The molecule has 122 valence electrons. The van der Waals surface area contributed by atoms with Gasteiger partial charge >= 0.3 is 0 Å². The first-order valence-electron chi connectivity index (χ1n) is 7.47. The number of aromatic hydroxyl groups is 1. The average molecular weight is 322 g/mol. The van der Waals surface area contributed by atoms with Gasteiger partial charge in [-0.2, -0.15) is 10.2 Å². The number of hydrogen-bond acceptors (Lipinski definition) is 6. The van der Waals surface area contributed by atoms with Gasteiger partial charge in [0.1, 0.15) is 12.1 Å². The highest BCUT2D eigenvalue weighted by Crippen LogP contribution is 2.17. The van der Waals surface area contributed by atoms with E-state index in [2.05, 4.69) is 25.6 Å². The van der Waals surface area contributed by atoms with E-state index in [1.807, 2.05) is 39.1 Å². The summed E-state index contributed by atoms with van der Waals surface area (Å²) in [6.45, 7) is 5.71. The van der Waals surface area contributed by atoms with Crippen molar-refractivity contribution in [3.05, 3.63) is 59.7 Å². The van der Waals surface area contributed by atoms with Gasteiger partial charge in [0.25, 0.3) is 0 Å². The van der Waals surface area contributed by atoms with Gasteiger partial charge in [-0.1, -0.05) is 0 Å². The number of nitrogens with zero attached hydrogens (tertiary/aromatic N) is 5. The molecular formula is C17H18N6O. The fraction of sp³-hybridized carbons (Fsp3) is 0.176. The topological polar surface area (TPSA) is 88.2 Å². The van der Waals surface area contributed by atoms with E-state index in [-0.39, 0.29) is 5.75 Å². The zero-order valence-electron chi connectivity index (χ0n) is 13.7.